The third-order valence-corrected chi connectivity index (χ3v) is 3.99. The van der Waals surface area contributed by atoms with E-state index in [-0.39, 0.29) is 23.6 Å². The van der Waals surface area contributed by atoms with Crippen LogP contribution >= 0.6 is 0 Å². The molecule has 2 atom stereocenters. The lowest BCUT2D eigenvalue weighted by Crippen LogP contribution is -2.41. The summed E-state index contributed by atoms with van der Waals surface area (Å²) in [4.78, 5) is 2.28. The summed E-state index contributed by atoms with van der Waals surface area (Å²) < 4.78 is 5.84. The van der Waals surface area contributed by atoms with E-state index >= 15 is 0 Å². The van der Waals surface area contributed by atoms with Crippen LogP contribution in [0.5, 0.6) is 11.5 Å². The maximum absolute atomic E-state index is 9.98. The Morgan fingerprint density at radius 1 is 1.35 bits per heavy atom. The standard InChI is InChI=1S/C16H25NO3/c1-3-10-20-13-6-5-9-17(11-13)12(2)16-14(18)7-4-8-15(16)19/h4,7-8,12-13,18-19H,3,5-6,9-11H2,1-2H3. The van der Waals surface area contributed by atoms with Gasteiger partial charge in [0.2, 0.25) is 0 Å². The van der Waals surface area contributed by atoms with Crippen molar-refractivity contribution in [3.63, 3.8) is 0 Å². The summed E-state index contributed by atoms with van der Waals surface area (Å²) in [5.74, 6) is 0.322. The predicted octanol–water partition coefficient (Wildman–Crippen LogP) is 3.05. The van der Waals surface area contributed by atoms with Gasteiger partial charge in [0.05, 0.1) is 11.7 Å². The Hall–Kier alpha value is -1.26. The van der Waals surface area contributed by atoms with Crippen LogP contribution in [0, 0.1) is 0 Å². The second-order valence-electron chi connectivity index (χ2n) is 5.52. The highest BCUT2D eigenvalue weighted by atomic mass is 16.5. The van der Waals surface area contributed by atoms with Gasteiger partial charge in [0, 0.05) is 19.2 Å². The van der Waals surface area contributed by atoms with E-state index in [2.05, 4.69) is 11.8 Å². The first-order chi connectivity index (χ1) is 9.63. The normalized spacial score (nSPS) is 21.8. The average molecular weight is 279 g/mol. The van der Waals surface area contributed by atoms with E-state index in [9.17, 15) is 10.2 Å². The maximum Gasteiger partial charge on any atom is 0.124 e. The first-order valence-corrected chi connectivity index (χ1v) is 7.50. The molecule has 2 unspecified atom stereocenters. The molecule has 1 heterocycles. The number of aromatic hydroxyl groups is 2. The van der Waals surface area contributed by atoms with Crippen molar-refractivity contribution >= 4 is 0 Å². The molecule has 1 aromatic rings. The molecule has 2 rings (SSSR count). The summed E-state index contributed by atoms with van der Waals surface area (Å²) in [6.45, 7) is 6.77. The fourth-order valence-corrected chi connectivity index (χ4v) is 2.89. The van der Waals surface area contributed by atoms with Gasteiger partial charge in [0.25, 0.3) is 0 Å². The van der Waals surface area contributed by atoms with Gasteiger partial charge in [-0.25, -0.2) is 0 Å². The molecule has 20 heavy (non-hydrogen) atoms. The van der Waals surface area contributed by atoms with Crippen LogP contribution < -0.4 is 0 Å². The zero-order chi connectivity index (χ0) is 14.5. The number of rotatable bonds is 5. The molecule has 1 saturated heterocycles. The molecule has 1 fully saturated rings. The lowest BCUT2D eigenvalue weighted by molar-refractivity contribution is -0.0112. The lowest BCUT2D eigenvalue weighted by atomic mass is 10.00. The second-order valence-corrected chi connectivity index (χ2v) is 5.52. The summed E-state index contributed by atoms with van der Waals surface area (Å²) in [6.07, 6.45) is 3.48. The quantitative estimate of drug-likeness (QED) is 0.870. The Bertz CT molecular complexity index is 415. The van der Waals surface area contributed by atoms with Crippen LogP contribution in [-0.4, -0.2) is 40.9 Å². The molecule has 0 bridgehead atoms. The second kappa shape index (κ2) is 6.95. The number of phenols is 2. The molecule has 4 nitrogen and oxygen atoms in total. The average Bonchev–Trinajstić information content (AvgIpc) is 2.45. The van der Waals surface area contributed by atoms with Gasteiger partial charge in [-0.05, 0) is 44.9 Å². The smallest absolute Gasteiger partial charge is 0.124 e. The van der Waals surface area contributed by atoms with Gasteiger partial charge in [0.15, 0.2) is 0 Å². The number of likely N-dealkylation sites (tertiary alicyclic amines) is 1. The molecule has 1 aliphatic rings. The van der Waals surface area contributed by atoms with Crippen molar-refractivity contribution in [2.24, 2.45) is 0 Å². The van der Waals surface area contributed by atoms with Crippen molar-refractivity contribution in [1.82, 2.24) is 4.90 Å². The zero-order valence-corrected chi connectivity index (χ0v) is 12.4. The summed E-state index contributed by atoms with van der Waals surface area (Å²) in [5.41, 5.74) is 0.614. The summed E-state index contributed by atoms with van der Waals surface area (Å²) in [5, 5.41) is 20.0. The monoisotopic (exact) mass is 279 g/mol. The first-order valence-electron chi connectivity index (χ1n) is 7.50. The van der Waals surface area contributed by atoms with E-state index in [0.717, 1.165) is 39.0 Å². The first kappa shape index (κ1) is 15.1. The predicted molar refractivity (Wildman–Crippen MR) is 79.0 cm³/mol. The van der Waals surface area contributed by atoms with Gasteiger partial charge in [-0.3, -0.25) is 4.90 Å². The molecule has 1 aliphatic heterocycles. The topological polar surface area (TPSA) is 52.9 Å². The molecule has 0 amide bonds. The van der Waals surface area contributed by atoms with E-state index in [4.69, 9.17) is 4.74 Å². The molecular weight excluding hydrogens is 254 g/mol. The Morgan fingerprint density at radius 3 is 2.70 bits per heavy atom. The van der Waals surface area contributed by atoms with Crippen LogP contribution in [0.15, 0.2) is 18.2 Å². The van der Waals surface area contributed by atoms with Crippen molar-refractivity contribution in [2.75, 3.05) is 19.7 Å². The Balaban J connectivity index is 2.06. The van der Waals surface area contributed by atoms with Gasteiger partial charge >= 0.3 is 0 Å². The minimum Gasteiger partial charge on any atom is -0.507 e. The fraction of sp³-hybridized carbons (Fsp3) is 0.625. The molecule has 0 saturated carbocycles. The summed E-state index contributed by atoms with van der Waals surface area (Å²) in [6, 6.07) is 4.90. The number of benzene rings is 1. The molecule has 4 heteroatoms. The molecule has 0 aromatic heterocycles. The summed E-state index contributed by atoms with van der Waals surface area (Å²) >= 11 is 0. The Labute approximate surface area is 121 Å². The molecule has 0 aliphatic carbocycles. The third kappa shape index (κ3) is 3.44. The molecule has 2 N–H and O–H groups in total. The minimum atomic E-state index is -0.00998. The Morgan fingerprint density at radius 2 is 2.05 bits per heavy atom. The molecular formula is C16H25NO3. The van der Waals surface area contributed by atoms with Gasteiger partial charge in [-0.15, -0.1) is 0 Å². The number of hydrogen-bond donors (Lipinski definition) is 2. The number of phenolic OH excluding ortho intramolecular Hbond substituents is 2. The van der Waals surface area contributed by atoms with E-state index < -0.39 is 0 Å². The van der Waals surface area contributed by atoms with Crippen molar-refractivity contribution in [3.05, 3.63) is 23.8 Å². The van der Waals surface area contributed by atoms with Crippen LogP contribution in [0.25, 0.3) is 0 Å². The van der Waals surface area contributed by atoms with Crippen molar-refractivity contribution < 1.29 is 14.9 Å². The number of ether oxygens (including phenoxy) is 1. The van der Waals surface area contributed by atoms with E-state index in [1.807, 2.05) is 6.92 Å². The van der Waals surface area contributed by atoms with Gasteiger partial charge < -0.3 is 14.9 Å². The highest BCUT2D eigenvalue weighted by molar-refractivity contribution is 5.45. The van der Waals surface area contributed by atoms with Crippen molar-refractivity contribution in [2.45, 2.75) is 45.3 Å². The number of nitrogens with zero attached hydrogens (tertiary/aromatic N) is 1. The maximum atomic E-state index is 9.98. The lowest BCUT2D eigenvalue weighted by Gasteiger charge is -2.37. The van der Waals surface area contributed by atoms with Gasteiger partial charge in [-0.2, -0.15) is 0 Å². The van der Waals surface area contributed by atoms with E-state index in [0.29, 0.717) is 5.56 Å². The summed E-state index contributed by atoms with van der Waals surface area (Å²) in [7, 11) is 0. The third-order valence-electron chi connectivity index (χ3n) is 3.99. The van der Waals surface area contributed by atoms with Crippen LogP contribution in [0.2, 0.25) is 0 Å². The highest BCUT2D eigenvalue weighted by Crippen LogP contribution is 2.36. The molecule has 0 spiro atoms. The van der Waals surface area contributed by atoms with Crippen LogP contribution in [-0.2, 0) is 4.74 Å². The zero-order valence-electron chi connectivity index (χ0n) is 12.4. The van der Waals surface area contributed by atoms with Crippen LogP contribution in [0.4, 0.5) is 0 Å². The SMILES string of the molecule is CCCOC1CCCN(C(C)c2c(O)cccc2O)C1. The van der Waals surface area contributed by atoms with Crippen LogP contribution in [0.1, 0.15) is 44.7 Å². The van der Waals surface area contributed by atoms with Crippen molar-refractivity contribution in [1.29, 1.82) is 0 Å². The van der Waals surface area contributed by atoms with E-state index in [1.165, 1.54) is 0 Å². The van der Waals surface area contributed by atoms with Gasteiger partial charge in [-0.1, -0.05) is 13.0 Å². The van der Waals surface area contributed by atoms with Crippen LogP contribution in [0.3, 0.4) is 0 Å². The van der Waals surface area contributed by atoms with E-state index in [1.54, 1.807) is 18.2 Å². The largest absolute Gasteiger partial charge is 0.507 e. The minimum absolute atomic E-state index is 0.00998. The number of piperidine rings is 1. The number of hydrogen-bond acceptors (Lipinski definition) is 4. The molecule has 1 aromatic carbocycles. The highest BCUT2D eigenvalue weighted by Gasteiger charge is 2.27. The molecule has 112 valence electrons. The molecule has 0 radical (unpaired) electrons. The fourth-order valence-electron chi connectivity index (χ4n) is 2.89. The van der Waals surface area contributed by atoms with Gasteiger partial charge in [0.1, 0.15) is 11.5 Å². The Kier molecular flexibility index (Phi) is 5.26. The van der Waals surface area contributed by atoms with Crippen molar-refractivity contribution in [3.8, 4) is 11.5 Å².